The Morgan fingerprint density at radius 2 is 0.840 bits per heavy atom. The molecule has 0 aromatic rings. The third-order valence-corrected chi connectivity index (χ3v) is 6.47. The molecule has 0 unspecified atom stereocenters. The van der Waals surface area contributed by atoms with Crippen LogP contribution < -0.4 is 0 Å². The summed E-state index contributed by atoms with van der Waals surface area (Å²) in [6, 6.07) is 0. The third kappa shape index (κ3) is 21.2. The number of rotatable bonds is 21. The predicted octanol–water partition coefficient (Wildman–Crippen LogP) is 5.62. The third-order valence-electron chi connectivity index (χ3n) is 3.37. The number of unbranched alkanes of at least 4 members (excludes halogenated alkanes) is 3. The summed E-state index contributed by atoms with van der Waals surface area (Å²) in [5.41, 5.74) is 0. The molecule has 0 fully saturated rings. The highest BCUT2D eigenvalue weighted by molar-refractivity contribution is 7.99. The summed E-state index contributed by atoms with van der Waals surface area (Å²) in [4.78, 5) is 0. The van der Waals surface area contributed by atoms with Crippen LogP contribution >= 0.6 is 35.3 Å². The summed E-state index contributed by atoms with van der Waals surface area (Å²) in [6.07, 6.45) is 7.62. The van der Waals surface area contributed by atoms with E-state index in [1.807, 2.05) is 35.3 Å². The lowest BCUT2D eigenvalue weighted by Crippen LogP contribution is -2.30. The van der Waals surface area contributed by atoms with E-state index in [1.54, 1.807) is 0 Å². The van der Waals surface area contributed by atoms with Crippen LogP contribution in [0.2, 0.25) is 0 Å². The molecule has 0 bridgehead atoms. The van der Waals surface area contributed by atoms with Crippen LogP contribution in [0.15, 0.2) is 0 Å². The predicted molar refractivity (Wildman–Crippen MR) is 120 cm³/mol. The second-order valence-corrected chi connectivity index (χ2v) is 9.47. The van der Waals surface area contributed by atoms with Crippen molar-refractivity contribution in [1.82, 2.24) is 0 Å². The van der Waals surface area contributed by atoms with Gasteiger partial charge in [-0.1, -0.05) is 40.0 Å². The van der Waals surface area contributed by atoms with Crippen molar-refractivity contribution in [3.8, 4) is 0 Å². The minimum Gasteiger partial charge on any atom is -0.385 e. The molecule has 0 aliphatic carbocycles. The Morgan fingerprint density at radius 3 is 1.12 bits per heavy atom. The Morgan fingerprint density at radius 1 is 0.520 bits per heavy atom. The molecule has 0 N–H and O–H groups in total. The molecule has 0 saturated carbocycles. The standard InChI is InChI=1S/C18H39BO3S3/c1-4-7-13-23-16-10-20-19(21-11-17-24-14-8-5-2)22-12-18-25-15-9-6-3/h4-18H2,1-3H3. The molecule has 0 atom stereocenters. The molecule has 0 aromatic heterocycles. The molecule has 0 aliphatic heterocycles. The Balaban J connectivity index is 3.76. The van der Waals surface area contributed by atoms with Gasteiger partial charge in [0.05, 0.1) is 0 Å². The maximum Gasteiger partial charge on any atom is 0.639 e. The Labute approximate surface area is 170 Å². The minimum absolute atomic E-state index is 0.495. The lowest BCUT2D eigenvalue weighted by molar-refractivity contribution is 0.109. The number of thioether (sulfide) groups is 3. The van der Waals surface area contributed by atoms with E-state index in [2.05, 4.69) is 20.8 Å². The summed E-state index contributed by atoms with van der Waals surface area (Å²) in [6.45, 7) is 8.78. The van der Waals surface area contributed by atoms with Gasteiger partial charge in [0.1, 0.15) is 0 Å². The molecule has 25 heavy (non-hydrogen) atoms. The smallest absolute Gasteiger partial charge is 0.385 e. The van der Waals surface area contributed by atoms with Crippen LogP contribution in [0.5, 0.6) is 0 Å². The highest BCUT2D eigenvalue weighted by atomic mass is 32.2. The van der Waals surface area contributed by atoms with E-state index in [4.69, 9.17) is 14.0 Å². The summed E-state index contributed by atoms with van der Waals surface area (Å²) >= 11 is 5.85. The van der Waals surface area contributed by atoms with Crippen LogP contribution in [0.3, 0.4) is 0 Å². The van der Waals surface area contributed by atoms with Gasteiger partial charge < -0.3 is 14.0 Å². The van der Waals surface area contributed by atoms with Crippen LogP contribution in [-0.2, 0) is 14.0 Å². The van der Waals surface area contributed by atoms with Crippen molar-refractivity contribution in [2.75, 3.05) is 54.3 Å². The van der Waals surface area contributed by atoms with E-state index in [0.29, 0.717) is 19.8 Å². The van der Waals surface area contributed by atoms with E-state index in [1.165, 1.54) is 55.8 Å². The molecule has 7 heteroatoms. The van der Waals surface area contributed by atoms with Crippen LogP contribution in [0.1, 0.15) is 59.3 Å². The SMILES string of the molecule is CCCCSCCOB(OCCSCCCC)OCCSCCCC. The minimum atomic E-state index is -0.495. The van der Waals surface area contributed by atoms with Crippen LogP contribution in [0.25, 0.3) is 0 Å². The van der Waals surface area contributed by atoms with Gasteiger partial charge in [-0.15, -0.1) is 0 Å². The zero-order chi connectivity index (χ0) is 18.4. The zero-order valence-electron chi connectivity index (χ0n) is 16.6. The van der Waals surface area contributed by atoms with Crippen molar-refractivity contribution in [2.24, 2.45) is 0 Å². The quantitative estimate of drug-likeness (QED) is 0.180. The van der Waals surface area contributed by atoms with Crippen LogP contribution in [-0.4, -0.2) is 61.7 Å². The van der Waals surface area contributed by atoms with E-state index in [-0.39, 0.29) is 0 Å². The first-order chi connectivity index (χ1) is 12.3. The highest BCUT2D eigenvalue weighted by Gasteiger charge is 2.20. The summed E-state index contributed by atoms with van der Waals surface area (Å²) in [5.74, 6) is 6.69. The van der Waals surface area contributed by atoms with Gasteiger partial charge in [0, 0.05) is 37.1 Å². The summed E-state index contributed by atoms with van der Waals surface area (Å²) < 4.78 is 17.4. The summed E-state index contributed by atoms with van der Waals surface area (Å²) in [5, 5.41) is 0. The molecule has 0 saturated heterocycles. The second-order valence-electron chi connectivity index (χ2n) is 5.80. The molecule has 0 aromatic carbocycles. The molecule has 0 heterocycles. The van der Waals surface area contributed by atoms with E-state index in [0.717, 1.165) is 17.3 Å². The molecule has 0 rings (SSSR count). The van der Waals surface area contributed by atoms with Gasteiger partial charge in [0.25, 0.3) is 0 Å². The van der Waals surface area contributed by atoms with Crippen molar-refractivity contribution in [3.63, 3.8) is 0 Å². The first-order valence-corrected chi connectivity index (χ1v) is 13.4. The van der Waals surface area contributed by atoms with Crippen molar-refractivity contribution < 1.29 is 14.0 Å². The molecular formula is C18H39BO3S3. The Kier molecular flexibility index (Phi) is 24.0. The molecular weight excluding hydrogens is 371 g/mol. The zero-order valence-corrected chi connectivity index (χ0v) is 19.1. The normalized spacial score (nSPS) is 11.2. The number of hydrogen-bond donors (Lipinski definition) is 0. The van der Waals surface area contributed by atoms with Gasteiger partial charge in [-0.2, -0.15) is 35.3 Å². The average molecular weight is 411 g/mol. The lowest BCUT2D eigenvalue weighted by Gasteiger charge is -2.14. The molecule has 0 aliphatic rings. The lowest BCUT2D eigenvalue weighted by atomic mass is 10.2. The number of hydrogen-bond acceptors (Lipinski definition) is 6. The van der Waals surface area contributed by atoms with E-state index in [9.17, 15) is 0 Å². The van der Waals surface area contributed by atoms with Gasteiger partial charge >= 0.3 is 7.32 Å². The fraction of sp³-hybridized carbons (Fsp3) is 1.00. The van der Waals surface area contributed by atoms with Gasteiger partial charge in [-0.25, -0.2) is 0 Å². The van der Waals surface area contributed by atoms with E-state index >= 15 is 0 Å². The maximum absolute atomic E-state index is 5.79. The topological polar surface area (TPSA) is 27.7 Å². The van der Waals surface area contributed by atoms with Crippen LogP contribution in [0.4, 0.5) is 0 Å². The molecule has 150 valence electrons. The second kappa shape index (κ2) is 23.0. The van der Waals surface area contributed by atoms with Gasteiger partial charge in [0.2, 0.25) is 0 Å². The monoisotopic (exact) mass is 410 g/mol. The van der Waals surface area contributed by atoms with Gasteiger partial charge in [-0.05, 0) is 36.5 Å². The van der Waals surface area contributed by atoms with Crippen molar-refractivity contribution in [3.05, 3.63) is 0 Å². The Hall–Kier alpha value is 0.995. The molecule has 3 nitrogen and oxygen atoms in total. The Bertz CT molecular complexity index is 214. The first kappa shape index (κ1) is 26.0. The molecule has 0 radical (unpaired) electrons. The molecule has 0 amide bonds. The van der Waals surface area contributed by atoms with E-state index < -0.39 is 7.32 Å². The van der Waals surface area contributed by atoms with Crippen molar-refractivity contribution >= 4 is 42.6 Å². The fourth-order valence-corrected chi connectivity index (χ4v) is 4.53. The van der Waals surface area contributed by atoms with Gasteiger partial charge in [0.15, 0.2) is 0 Å². The fourth-order valence-electron chi connectivity index (χ4n) is 1.80. The largest absolute Gasteiger partial charge is 0.639 e. The molecule has 0 spiro atoms. The van der Waals surface area contributed by atoms with Crippen molar-refractivity contribution in [1.29, 1.82) is 0 Å². The average Bonchev–Trinajstić information content (AvgIpc) is 2.63. The van der Waals surface area contributed by atoms with Crippen molar-refractivity contribution in [2.45, 2.75) is 59.3 Å². The summed E-state index contributed by atoms with van der Waals surface area (Å²) in [7, 11) is -0.495. The van der Waals surface area contributed by atoms with Crippen LogP contribution in [0, 0.1) is 0 Å². The maximum atomic E-state index is 5.79. The highest BCUT2D eigenvalue weighted by Crippen LogP contribution is 2.08. The van der Waals surface area contributed by atoms with Gasteiger partial charge in [-0.3, -0.25) is 0 Å². The first-order valence-electron chi connectivity index (χ1n) is 9.93.